The van der Waals surface area contributed by atoms with Crippen molar-refractivity contribution in [3.8, 4) is 0 Å². The standard InChI is InChI=1S/C19H24N4O2/c1-14-13-18-22(19(25)10-12-23(18)21-14)11-6-9-17(24)20-15(2)16-7-4-3-5-8-16/h3-5,7-8,13,15H,6,9-12H2,1-2H3,(H,20,24)/t15-/m0/s1. The number of aryl methyl sites for hydroxylation is 2. The summed E-state index contributed by atoms with van der Waals surface area (Å²) in [7, 11) is 0. The van der Waals surface area contributed by atoms with Gasteiger partial charge >= 0.3 is 0 Å². The Morgan fingerprint density at radius 1 is 1.32 bits per heavy atom. The maximum Gasteiger partial charge on any atom is 0.229 e. The Balaban J connectivity index is 1.51. The van der Waals surface area contributed by atoms with Gasteiger partial charge < -0.3 is 5.32 Å². The molecule has 2 amide bonds. The number of rotatable bonds is 6. The number of benzene rings is 1. The lowest BCUT2D eigenvalue weighted by Gasteiger charge is -2.27. The number of anilines is 1. The number of aromatic nitrogens is 2. The van der Waals surface area contributed by atoms with Crippen LogP contribution in [0.4, 0.5) is 5.82 Å². The molecule has 25 heavy (non-hydrogen) atoms. The van der Waals surface area contributed by atoms with Gasteiger partial charge in [-0.15, -0.1) is 0 Å². The second kappa shape index (κ2) is 7.51. The first kappa shape index (κ1) is 17.2. The molecule has 1 aromatic heterocycles. The third kappa shape index (κ3) is 4.07. The number of hydrogen-bond acceptors (Lipinski definition) is 3. The molecular weight excluding hydrogens is 316 g/mol. The van der Waals surface area contributed by atoms with E-state index in [-0.39, 0.29) is 17.9 Å². The summed E-state index contributed by atoms with van der Waals surface area (Å²) in [6, 6.07) is 11.8. The fourth-order valence-electron chi connectivity index (χ4n) is 3.15. The molecule has 0 fully saturated rings. The number of nitrogens with zero attached hydrogens (tertiary/aromatic N) is 3. The molecule has 2 heterocycles. The van der Waals surface area contributed by atoms with Gasteiger partial charge in [0, 0.05) is 25.5 Å². The maximum absolute atomic E-state index is 12.2. The molecule has 132 valence electrons. The van der Waals surface area contributed by atoms with Gasteiger partial charge in [-0.25, -0.2) is 4.68 Å². The minimum atomic E-state index is -0.0191. The summed E-state index contributed by atoms with van der Waals surface area (Å²) in [5.41, 5.74) is 1.99. The fraction of sp³-hybridized carbons (Fsp3) is 0.421. The van der Waals surface area contributed by atoms with E-state index in [9.17, 15) is 9.59 Å². The molecule has 0 saturated heterocycles. The van der Waals surface area contributed by atoms with Crippen LogP contribution in [0.15, 0.2) is 36.4 Å². The Hall–Kier alpha value is -2.63. The van der Waals surface area contributed by atoms with Crippen LogP contribution in [0.2, 0.25) is 0 Å². The van der Waals surface area contributed by atoms with Gasteiger partial charge in [0.25, 0.3) is 0 Å². The van der Waals surface area contributed by atoms with Crippen LogP contribution in [0.5, 0.6) is 0 Å². The monoisotopic (exact) mass is 340 g/mol. The first-order valence-electron chi connectivity index (χ1n) is 8.73. The van der Waals surface area contributed by atoms with E-state index in [1.807, 2.05) is 54.9 Å². The van der Waals surface area contributed by atoms with Crippen LogP contribution < -0.4 is 10.2 Å². The molecule has 1 atom stereocenters. The number of hydrogen-bond donors (Lipinski definition) is 1. The van der Waals surface area contributed by atoms with Crippen molar-refractivity contribution in [2.45, 2.75) is 45.7 Å². The zero-order valence-corrected chi connectivity index (χ0v) is 14.7. The summed E-state index contributed by atoms with van der Waals surface area (Å²) in [5.74, 6) is 0.947. The van der Waals surface area contributed by atoms with Crippen molar-refractivity contribution >= 4 is 17.6 Å². The lowest BCUT2D eigenvalue weighted by atomic mass is 10.1. The van der Waals surface area contributed by atoms with Crippen LogP contribution in [0.25, 0.3) is 0 Å². The van der Waals surface area contributed by atoms with Crippen LogP contribution in [-0.4, -0.2) is 28.1 Å². The van der Waals surface area contributed by atoms with Crippen molar-refractivity contribution < 1.29 is 9.59 Å². The number of nitrogens with one attached hydrogen (secondary N) is 1. The molecule has 0 spiro atoms. The third-order valence-electron chi connectivity index (χ3n) is 4.46. The first-order chi connectivity index (χ1) is 12.0. The zero-order chi connectivity index (χ0) is 17.8. The minimum Gasteiger partial charge on any atom is -0.350 e. The normalized spacial score (nSPS) is 15.0. The van der Waals surface area contributed by atoms with Crippen molar-refractivity contribution in [3.63, 3.8) is 0 Å². The largest absolute Gasteiger partial charge is 0.350 e. The highest BCUT2D eigenvalue weighted by Gasteiger charge is 2.25. The van der Waals surface area contributed by atoms with Crippen LogP contribution in [-0.2, 0) is 16.1 Å². The molecule has 6 heteroatoms. The minimum absolute atomic E-state index is 0.00509. The van der Waals surface area contributed by atoms with E-state index in [0.717, 1.165) is 17.1 Å². The van der Waals surface area contributed by atoms with Gasteiger partial charge in [0.2, 0.25) is 11.8 Å². The summed E-state index contributed by atoms with van der Waals surface area (Å²) < 4.78 is 1.87. The molecule has 6 nitrogen and oxygen atoms in total. The predicted molar refractivity (Wildman–Crippen MR) is 96.2 cm³/mol. The average molecular weight is 340 g/mol. The molecular formula is C19H24N4O2. The summed E-state index contributed by atoms with van der Waals surface area (Å²) >= 11 is 0. The lowest BCUT2D eigenvalue weighted by molar-refractivity contribution is -0.122. The Labute approximate surface area is 147 Å². The topological polar surface area (TPSA) is 67.2 Å². The average Bonchev–Trinajstić information content (AvgIpc) is 2.98. The highest BCUT2D eigenvalue weighted by molar-refractivity contribution is 5.93. The van der Waals surface area contributed by atoms with Crippen LogP contribution in [0, 0.1) is 6.92 Å². The highest BCUT2D eigenvalue weighted by Crippen LogP contribution is 2.22. The van der Waals surface area contributed by atoms with E-state index in [4.69, 9.17) is 0 Å². The molecule has 1 aliphatic heterocycles. The van der Waals surface area contributed by atoms with Gasteiger partial charge in [0.1, 0.15) is 5.82 Å². The summed E-state index contributed by atoms with van der Waals surface area (Å²) in [6.45, 7) is 5.07. The van der Waals surface area contributed by atoms with Gasteiger partial charge in [0.15, 0.2) is 0 Å². The van der Waals surface area contributed by atoms with E-state index >= 15 is 0 Å². The van der Waals surface area contributed by atoms with Gasteiger partial charge in [-0.3, -0.25) is 14.5 Å². The molecule has 2 aromatic rings. The second-order valence-electron chi connectivity index (χ2n) is 6.47. The van der Waals surface area contributed by atoms with Gasteiger partial charge in [-0.05, 0) is 25.8 Å². The molecule has 1 aliphatic rings. The molecule has 1 N–H and O–H groups in total. The molecule has 0 unspecified atom stereocenters. The number of amides is 2. The zero-order valence-electron chi connectivity index (χ0n) is 14.7. The summed E-state index contributed by atoms with van der Waals surface area (Å²) in [6.07, 6.45) is 1.49. The molecule has 0 saturated carbocycles. The van der Waals surface area contributed by atoms with E-state index in [1.165, 1.54) is 0 Å². The Morgan fingerprint density at radius 3 is 2.84 bits per heavy atom. The molecule has 1 aromatic carbocycles. The summed E-state index contributed by atoms with van der Waals surface area (Å²) in [4.78, 5) is 26.1. The maximum atomic E-state index is 12.2. The lowest BCUT2D eigenvalue weighted by Crippen LogP contribution is -2.38. The Kier molecular flexibility index (Phi) is 5.16. The molecule has 0 radical (unpaired) electrons. The van der Waals surface area contributed by atoms with Crippen molar-refractivity contribution in [3.05, 3.63) is 47.7 Å². The van der Waals surface area contributed by atoms with Gasteiger partial charge in [-0.1, -0.05) is 30.3 Å². The van der Waals surface area contributed by atoms with Crippen LogP contribution in [0.3, 0.4) is 0 Å². The highest BCUT2D eigenvalue weighted by atomic mass is 16.2. The number of carbonyl (C=O) groups excluding carboxylic acids is 2. The Bertz CT molecular complexity index is 754. The smallest absolute Gasteiger partial charge is 0.229 e. The molecule has 3 rings (SSSR count). The SMILES string of the molecule is Cc1cc2n(n1)CCC(=O)N2CCCC(=O)N[C@@H](C)c1ccccc1. The van der Waals surface area contributed by atoms with E-state index in [2.05, 4.69) is 10.4 Å². The van der Waals surface area contributed by atoms with E-state index < -0.39 is 0 Å². The summed E-state index contributed by atoms with van der Waals surface area (Å²) in [5, 5.41) is 7.40. The van der Waals surface area contributed by atoms with Crippen molar-refractivity contribution in [2.75, 3.05) is 11.4 Å². The van der Waals surface area contributed by atoms with Gasteiger partial charge in [-0.2, -0.15) is 5.10 Å². The van der Waals surface area contributed by atoms with E-state index in [0.29, 0.717) is 32.4 Å². The predicted octanol–water partition coefficient (Wildman–Crippen LogP) is 2.59. The Morgan fingerprint density at radius 2 is 2.08 bits per heavy atom. The number of fused-ring (bicyclic) bond motifs is 1. The van der Waals surface area contributed by atoms with Crippen LogP contribution in [0.1, 0.15) is 43.5 Å². The number of carbonyl (C=O) groups is 2. The van der Waals surface area contributed by atoms with Crippen molar-refractivity contribution in [1.29, 1.82) is 0 Å². The fourth-order valence-corrected chi connectivity index (χ4v) is 3.15. The van der Waals surface area contributed by atoms with E-state index in [1.54, 1.807) is 4.90 Å². The van der Waals surface area contributed by atoms with Crippen LogP contribution >= 0.6 is 0 Å². The van der Waals surface area contributed by atoms with Crippen molar-refractivity contribution in [2.24, 2.45) is 0 Å². The first-order valence-corrected chi connectivity index (χ1v) is 8.73. The van der Waals surface area contributed by atoms with Gasteiger partial charge in [0.05, 0.1) is 18.3 Å². The quantitative estimate of drug-likeness (QED) is 0.879. The third-order valence-corrected chi connectivity index (χ3v) is 4.46. The second-order valence-corrected chi connectivity index (χ2v) is 6.47. The molecule has 0 bridgehead atoms. The van der Waals surface area contributed by atoms with Crippen molar-refractivity contribution in [1.82, 2.24) is 15.1 Å². The molecule has 0 aliphatic carbocycles.